The number of rotatable bonds is 6. The van der Waals surface area contributed by atoms with Crippen molar-refractivity contribution in [2.45, 2.75) is 23.8 Å². The summed E-state index contributed by atoms with van der Waals surface area (Å²) >= 11 is 0. The third-order valence-electron chi connectivity index (χ3n) is 5.16. The third kappa shape index (κ3) is 4.17. The Balaban J connectivity index is 1.45. The van der Waals surface area contributed by atoms with E-state index < -0.39 is 28.4 Å². The lowest BCUT2D eigenvalue weighted by molar-refractivity contribution is -0.116. The predicted molar refractivity (Wildman–Crippen MR) is 111 cm³/mol. The zero-order chi connectivity index (χ0) is 22.0. The largest absolute Gasteiger partial charge is 0.376 e. The van der Waals surface area contributed by atoms with E-state index in [1.54, 1.807) is 24.3 Å². The van der Waals surface area contributed by atoms with Crippen LogP contribution in [0, 0.1) is 0 Å². The number of amides is 3. The van der Waals surface area contributed by atoms with Crippen LogP contribution < -0.4 is 10.6 Å². The average Bonchev–Trinajstić information content (AvgIpc) is 3.35. The molecule has 0 radical (unpaired) electrons. The Morgan fingerprint density at radius 2 is 1.84 bits per heavy atom. The minimum absolute atomic E-state index is 0.0290. The number of hydrogen-bond acceptors (Lipinski definition) is 6. The fourth-order valence-corrected chi connectivity index (χ4v) is 5.13. The van der Waals surface area contributed by atoms with E-state index in [0.717, 1.165) is 12.8 Å². The van der Waals surface area contributed by atoms with Crippen LogP contribution in [0.2, 0.25) is 0 Å². The van der Waals surface area contributed by atoms with Gasteiger partial charge in [0.15, 0.2) is 0 Å². The molecule has 0 saturated carbocycles. The Kier molecular flexibility index (Phi) is 5.75. The summed E-state index contributed by atoms with van der Waals surface area (Å²) in [6.07, 6.45) is 1.80. The number of anilines is 1. The van der Waals surface area contributed by atoms with E-state index in [2.05, 4.69) is 10.6 Å². The minimum Gasteiger partial charge on any atom is -0.376 e. The zero-order valence-corrected chi connectivity index (χ0v) is 17.4. The molecular formula is C21H21N3O6S. The maximum atomic E-state index is 12.6. The number of ether oxygens (including phenoxy) is 1. The summed E-state index contributed by atoms with van der Waals surface area (Å²) < 4.78 is 31.3. The van der Waals surface area contributed by atoms with Crippen LogP contribution in [0.15, 0.2) is 53.4 Å². The number of nitrogens with one attached hydrogen (secondary N) is 2. The second-order valence-corrected chi connectivity index (χ2v) is 9.08. The first-order chi connectivity index (χ1) is 14.9. The third-order valence-corrected chi connectivity index (χ3v) is 6.95. The van der Waals surface area contributed by atoms with Crippen LogP contribution in [0.3, 0.4) is 0 Å². The number of benzene rings is 2. The highest BCUT2D eigenvalue weighted by atomic mass is 32.2. The minimum atomic E-state index is -4.10. The Bertz CT molecular complexity index is 1140. The molecule has 4 rings (SSSR count). The molecule has 0 spiro atoms. The van der Waals surface area contributed by atoms with Gasteiger partial charge in [-0.2, -0.15) is 0 Å². The summed E-state index contributed by atoms with van der Waals surface area (Å²) in [6, 6.07) is 12.2. The molecular weight excluding hydrogens is 422 g/mol. The predicted octanol–water partition coefficient (Wildman–Crippen LogP) is 1.38. The molecule has 2 heterocycles. The number of nitrogens with zero attached hydrogens (tertiary/aromatic N) is 1. The van der Waals surface area contributed by atoms with Crippen molar-refractivity contribution in [3.8, 4) is 0 Å². The summed E-state index contributed by atoms with van der Waals surface area (Å²) in [7, 11) is -4.10. The zero-order valence-electron chi connectivity index (χ0n) is 16.5. The number of para-hydroxylation sites is 1. The highest BCUT2D eigenvalue weighted by molar-refractivity contribution is 7.90. The van der Waals surface area contributed by atoms with Crippen LogP contribution in [0.4, 0.5) is 5.69 Å². The Morgan fingerprint density at radius 3 is 2.58 bits per heavy atom. The van der Waals surface area contributed by atoms with Crippen molar-refractivity contribution in [3.63, 3.8) is 0 Å². The number of fused-ring (bicyclic) bond motifs is 1. The van der Waals surface area contributed by atoms with Crippen molar-refractivity contribution in [1.82, 2.24) is 9.62 Å². The smallest absolute Gasteiger partial charge is 0.269 e. The lowest BCUT2D eigenvalue weighted by atomic mass is 10.1. The van der Waals surface area contributed by atoms with E-state index in [4.69, 9.17) is 4.74 Å². The van der Waals surface area contributed by atoms with Gasteiger partial charge in [0, 0.05) is 13.2 Å². The van der Waals surface area contributed by atoms with E-state index in [-0.39, 0.29) is 33.7 Å². The van der Waals surface area contributed by atoms with E-state index in [0.29, 0.717) is 17.5 Å². The molecule has 0 unspecified atom stereocenters. The van der Waals surface area contributed by atoms with Gasteiger partial charge in [0.1, 0.15) is 11.4 Å². The Hall–Kier alpha value is -3.24. The van der Waals surface area contributed by atoms with Gasteiger partial charge in [-0.05, 0) is 37.1 Å². The highest BCUT2D eigenvalue weighted by Gasteiger charge is 2.41. The van der Waals surface area contributed by atoms with Crippen LogP contribution in [0.5, 0.6) is 0 Å². The molecule has 9 nitrogen and oxygen atoms in total. The lowest BCUT2D eigenvalue weighted by Crippen LogP contribution is -2.38. The van der Waals surface area contributed by atoms with Gasteiger partial charge in [-0.3, -0.25) is 14.4 Å². The summed E-state index contributed by atoms with van der Waals surface area (Å²) in [5.41, 5.74) is 0.482. The molecule has 2 aromatic carbocycles. The molecule has 1 atom stereocenters. The average molecular weight is 443 g/mol. The summed E-state index contributed by atoms with van der Waals surface area (Å²) in [5.74, 6) is -1.87. The van der Waals surface area contributed by atoms with E-state index in [9.17, 15) is 22.8 Å². The van der Waals surface area contributed by atoms with Crippen molar-refractivity contribution >= 4 is 33.4 Å². The van der Waals surface area contributed by atoms with Crippen molar-refractivity contribution in [1.29, 1.82) is 0 Å². The normalized spacial score (nSPS) is 19.2. The first-order valence-corrected chi connectivity index (χ1v) is 11.3. The second kappa shape index (κ2) is 8.48. The Morgan fingerprint density at radius 1 is 1.10 bits per heavy atom. The Labute approximate surface area is 179 Å². The van der Waals surface area contributed by atoms with Gasteiger partial charge in [0.2, 0.25) is 5.91 Å². The van der Waals surface area contributed by atoms with Gasteiger partial charge in [-0.25, -0.2) is 12.7 Å². The van der Waals surface area contributed by atoms with Gasteiger partial charge in [0.25, 0.3) is 21.8 Å². The SMILES string of the molecule is O=C(CN1C(=O)c2ccccc2S1(=O)=O)Nc1ccccc1C(=O)NC[C@H]1CCCO1. The van der Waals surface area contributed by atoms with E-state index in [1.807, 2.05) is 0 Å². The molecule has 1 fully saturated rings. The second-order valence-electron chi connectivity index (χ2n) is 7.25. The standard InChI is InChI=1S/C21H21N3O6S/c25-19(13-24-21(27)16-8-2-4-10-18(16)31(24,28)29)23-17-9-3-1-7-15(17)20(26)22-12-14-6-5-11-30-14/h1-4,7-10,14H,5-6,11-13H2,(H,22,26)(H,23,25)/t14-/m1/s1. The van der Waals surface area contributed by atoms with Crippen LogP contribution in [0.25, 0.3) is 0 Å². The first kappa shape index (κ1) is 21.0. The van der Waals surface area contributed by atoms with Gasteiger partial charge in [0.05, 0.1) is 22.9 Å². The van der Waals surface area contributed by atoms with Crippen molar-refractivity contribution in [2.75, 3.05) is 25.0 Å². The monoisotopic (exact) mass is 443 g/mol. The molecule has 31 heavy (non-hydrogen) atoms. The first-order valence-electron chi connectivity index (χ1n) is 9.82. The quantitative estimate of drug-likeness (QED) is 0.696. The summed E-state index contributed by atoms with van der Waals surface area (Å²) in [4.78, 5) is 37.5. The van der Waals surface area contributed by atoms with Crippen LogP contribution in [0.1, 0.15) is 33.6 Å². The molecule has 2 aromatic rings. The van der Waals surface area contributed by atoms with Crippen LogP contribution in [-0.4, -0.2) is 56.2 Å². The molecule has 162 valence electrons. The molecule has 2 aliphatic rings. The van der Waals surface area contributed by atoms with Gasteiger partial charge >= 0.3 is 0 Å². The number of carbonyl (C=O) groups is 3. The topological polar surface area (TPSA) is 122 Å². The fraction of sp³-hybridized carbons (Fsp3) is 0.286. The van der Waals surface area contributed by atoms with Crippen molar-refractivity contribution in [2.24, 2.45) is 0 Å². The molecule has 0 aromatic heterocycles. The molecule has 0 aliphatic carbocycles. The molecule has 2 aliphatic heterocycles. The summed E-state index contributed by atoms with van der Waals surface area (Å²) in [5, 5.41) is 5.33. The maximum absolute atomic E-state index is 12.6. The lowest BCUT2D eigenvalue weighted by Gasteiger charge is -2.16. The van der Waals surface area contributed by atoms with Crippen molar-refractivity contribution in [3.05, 3.63) is 59.7 Å². The number of hydrogen-bond donors (Lipinski definition) is 2. The van der Waals surface area contributed by atoms with Crippen LogP contribution >= 0.6 is 0 Å². The van der Waals surface area contributed by atoms with Crippen LogP contribution in [-0.2, 0) is 19.6 Å². The number of carbonyl (C=O) groups excluding carboxylic acids is 3. The fourth-order valence-electron chi connectivity index (χ4n) is 3.60. The van der Waals surface area contributed by atoms with Crippen molar-refractivity contribution < 1.29 is 27.5 Å². The van der Waals surface area contributed by atoms with Gasteiger partial charge < -0.3 is 15.4 Å². The molecule has 1 saturated heterocycles. The van der Waals surface area contributed by atoms with E-state index >= 15 is 0 Å². The summed E-state index contributed by atoms with van der Waals surface area (Å²) in [6.45, 7) is 0.344. The molecule has 3 amide bonds. The highest BCUT2D eigenvalue weighted by Crippen LogP contribution is 2.29. The van der Waals surface area contributed by atoms with E-state index in [1.165, 1.54) is 24.3 Å². The number of sulfonamides is 1. The van der Waals surface area contributed by atoms with Gasteiger partial charge in [-0.15, -0.1) is 0 Å². The van der Waals surface area contributed by atoms with Gasteiger partial charge in [-0.1, -0.05) is 24.3 Å². The molecule has 10 heteroatoms. The molecule has 2 N–H and O–H groups in total. The molecule has 0 bridgehead atoms. The maximum Gasteiger partial charge on any atom is 0.269 e.